The minimum absolute atomic E-state index is 0.0606. The largest absolute Gasteiger partial charge is 0.491 e. The van der Waals surface area contributed by atoms with Crippen molar-refractivity contribution >= 4 is 21.6 Å². The second-order valence-corrected chi connectivity index (χ2v) is 7.58. The molecule has 0 aliphatic carbocycles. The fourth-order valence-electron chi connectivity index (χ4n) is 2.13. The molecule has 6 nitrogen and oxygen atoms in total. The summed E-state index contributed by atoms with van der Waals surface area (Å²) in [6.07, 6.45) is 1.52. The van der Waals surface area contributed by atoms with Gasteiger partial charge in [-0.15, -0.1) is 6.58 Å². The van der Waals surface area contributed by atoms with Crippen LogP contribution in [-0.4, -0.2) is 27.0 Å². The van der Waals surface area contributed by atoms with Gasteiger partial charge in [0, 0.05) is 17.8 Å². The van der Waals surface area contributed by atoms with Crippen LogP contribution in [0.1, 0.15) is 24.2 Å². The van der Waals surface area contributed by atoms with E-state index in [0.717, 1.165) is 0 Å². The van der Waals surface area contributed by atoms with E-state index in [-0.39, 0.29) is 23.5 Å². The van der Waals surface area contributed by atoms with Gasteiger partial charge in [0.2, 0.25) is 10.0 Å². The van der Waals surface area contributed by atoms with Crippen LogP contribution < -0.4 is 14.8 Å². The molecular weight excluding hydrogens is 352 g/mol. The van der Waals surface area contributed by atoms with Crippen molar-refractivity contribution in [2.75, 3.05) is 11.9 Å². The molecule has 0 radical (unpaired) electrons. The lowest BCUT2D eigenvalue weighted by Gasteiger charge is -2.10. The maximum Gasteiger partial charge on any atom is 0.255 e. The predicted octanol–water partition coefficient (Wildman–Crippen LogP) is 3.19. The Balaban J connectivity index is 2.04. The first-order valence-corrected chi connectivity index (χ1v) is 9.59. The lowest BCUT2D eigenvalue weighted by Crippen LogP contribution is -2.23. The molecule has 0 fully saturated rings. The van der Waals surface area contributed by atoms with E-state index in [9.17, 15) is 13.2 Å². The second-order valence-electron chi connectivity index (χ2n) is 5.81. The maximum absolute atomic E-state index is 12.3. The van der Waals surface area contributed by atoms with E-state index in [1.807, 2.05) is 13.8 Å². The molecule has 26 heavy (non-hydrogen) atoms. The summed E-state index contributed by atoms with van der Waals surface area (Å²) in [6, 6.07) is 12.7. The Bertz CT molecular complexity index is 857. The lowest BCUT2D eigenvalue weighted by atomic mass is 10.2. The normalized spacial score (nSPS) is 11.2. The van der Waals surface area contributed by atoms with Gasteiger partial charge in [0.1, 0.15) is 5.75 Å². The van der Waals surface area contributed by atoms with Crippen LogP contribution >= 0.6 is 0 Å². The van der Waals surface area contributed by atoms with Crippen molar-refractivity contribution in [3.63, 3.8) is 0 Å². The summed E-state index contributed by atoms with van der Waals surface area (Å²) >= 11 is 0. The van der Waals surface area contributed by atoms with Gasteiger partial charge >= 0.3 is 0 Å². The van der Waals surface area contributed by atoms with Gasteiger partial charge in [-0.25, -0.2) is 13.1 Å². The SMILES string of the molecule is C=CCNS(=O)(=O)c1ccc(NC(=O)c2ccc(OC(C)C)cc2)cc1. The quantitative estimate of drug-likeness (QED) is 0.695. The third-order valence-electron chi connectivity index (χ3n) is 3.33. The zero-order valence-corrected chi connectivity index (χ0v) is 15.5. The van der Waals surface area contributed by atoms with E-state index < -0.39 is 10.0 Å². The van der Waals surface area contributed by atoms with Crippen LogP contribution in [0.4, 0.5) is 5.69 Å². The summed E-state index contributed by atoms with van der Waals surface area (Å²) < 4.78 is 31.9. The van der Waals surface area contributed by atoms with E-state index in [1.54, 1.807) is 24.3 Å². The van der Waals surface area contributed by atoms with E-state index in [2.05, 4.69) is 16.6 Å². The second kappa shape index (κ2) is 8.64. The number of carbonyl (C=O) groups excluding carboxylic acids is 1. The molecule has 2 N–H and O–H groups in total. The number of hydrogen-bond acceptors (Lipinski definition) is 4. The Morgan fingerprint density at radius 1 is 1.12 bits per heavy atom. The third-order valence-corrected chi connectivity index (χ3v) is 4.77. The molecule has 0 bridgehead atoms. The van der Waals surface area contributed by atoms with Crippen molar-refractivity contribution in [1.29, 1.82) is 0 Å². The molecule has 2 rings (SSSR count). The number of amides is 1. The molecule has 0 saturated heterocycles. The van der Waals surface area contributed by atoms with E-state index in [4.69, 9.17) is 4.74 Å². The molecule has 1 amide bonds. The predicted molar refractivity (Wildman–Crippen MR) is 102 cm³/mol. The number of ether oxygens (including phenoxy) is 1. The molecule has 0 heterocycles. The number of carbonyl (C=O) groups is 1. The number of nitrogens with one attached hydrogen (secondary N) is 2. The number of anilines is 1. The molecule has 0 saturated carbocycles. The smallest absolute Gasteiger partial charge is 0.255 e. The summed E-state index contributed by atoms with van der Waals surface area (Å²) in [5, 5.41) is 2.73. The highest BCUT2D eigenvalue weighted by molar-refractivity contribution is 7.89. The van der Waals surface area contributed by atoms with Crippen molar-refractivity contribution in [3.8, 4) is 5.75 Å². The third kappa shape index (κ3) is 5.44. The molecule has 0 unspecified atom stereocenters. The van der Waals surface area contributed by atoms with Crippen LogP contribution in [0.15, 0.2) is 66.1 Å². The average Bonchev–Trinajstić information content (AvgIpc) is 2.60. The fourth-order valence-corrected chi connectivity index (χ4v) is 3.13. The first kappa shape index (κ1) is 19.7. The summed E-state index contributed by atoms with van der Waals surface area (Å²) in [5.74, 6) is 0.402. The molecule has 138 valence electrons. The molecule has 0 aliphatic rings. The highest BCUT2D eigenvalue weighted by Gasteiger charge is 2.13. The molecule has 0 spiro atoms. The molecule has 0 aliphatic heterocycles. The number of sulfonamides is 1. The Hall–Kier alpha value is -2.64. The fraction of sp³-hybridized carbons (Fsp3) is 0.211. The van der Waals surface area contributed by atoms with Crippen molar-refractivity contribution in [2.45, 2.75) is 24.8 Å². The van der Waals surface area contributed by atoms with Crippen LogP contribution in [0, 0.1) is 0 Å². The number of benzene rings is 2. The van der Waals surface area contributed by atoms with Gasteiger partial charge in [-0.3, -0.25) is 4.79 Å². The Morgan fingerprint density at radius 3 is 2.27 bits per heavy atom. The Labute approximate surface area is 153 Å². The van der Waals surface area contributed by atoms with Crippen molar-refractivity contribution in [3.05, 3.63) is 66.7 Å². The van der Waals surface area contributed by atoms with Crippen molar-refractivity contribution < 1.29 is 17.9 Å². The van der Waals surface area contributed by atoms with Gasteiger partial charge in [0.15, 0.2) is 0 Å². The Kier molecular flexibility index (Phi) is 6.54. The molecular formula is C19H22N2O4S. The molecule has 2 aromatic carbocycles. The van der Waals surface area contributed by atoms with Crippen LogP contribution in [0.2, 0.25) is 0 Å². The van der Waals surface area contributed by atoms with E-state index >= 15 is 0 Å². The highest BCUT2D eigenvalue weighted by atomic mass is 32.2. The van der Waals surface area contributed by atoms with Crippen LogP contribution in [-0.2, 0) is 10.0 Å². The zero-order valence-electron chi connectivity index (χ0n) is 14.7. The van der Waals surface area contributed by atoms with Gasteiger partial charge in [-0.1, -0.05) is 6.08 Å². The molecule has 0 atom stereocenters. The van der Waals surface area contributed by atoms with Crippen molar-refractivity contribution in [2.24, 2.45) is 0 Å². The first-order chi connectivity index (χ1) is 12.3. The first-order valence-electron chi connectivity index (χ1n) is 8.10. The van der Waals surface area contributed by atoms with Gasteiger partial charge in [0.25, 0.3) is 5.91 Å². The van der Waals surface area contributed by atoms with Crippen LogP contribution in [0.3, 0.4) is 0 Å². The van der Waals surface area contributed by atoms with Gasteiger partial charge in [-0.05, 0) is 62.4 Å². The van der Waals surface area contributed by atoms with Crippen LogP contribution in [0.25, 0.3) is 0 Å². The lowest BCUT2D eigenvalue weighted by molar-refractivity contribution is 0.102. The minimum Gasteiger partial charge on any atom is -0.491 e. The summed E-state index contributed by atoms with van der Waals surface area (Å²) in [7, 11) is -3.58. The average molecular weight is 374 g/mol. The topological polar surface area (TPSA) is 84.5 Å². The minimum atomic E-state index is -3.58. The Morgan fingerprint density at radius 2 is 1.73 bits per heavy atom. The molecule has 0 aromatic heterocycles. The molecule has 7 heteroatoms. The van der Waals surface area contributed by atoms with Gasteiger partial charge in [0.05, 0.1) is 11.0 Å². The number of hydrogen-bond donors (Lipinski definition) is 2. The summed E-state index contributed by atoms with van der Waals surface area (Å²) in [6.45, 7) is 7.48. The monoisotopic (exact) mass is 374 g/mol. The summed E-state index contributed by atoms with van der Waals surface area (Å²) in [5.41, 5.74) is 0.977. The standard InChI is InChI=1S/C19H22N2O4S/c1-4-13-20-26(23,24)18-11-7-16(8-12-18)21-19(22)15-5-9-17(10-6-15)25-14(2)3/h4-12,14,20H,1,13H2,2-3H3,(H,21,22). The maximum atomic E-state index is 12.3. The zero-order chi connectivity index (χ0) is 19.2. The van der Waals surface area contributed by atoms with Gasteiger partial charge < -0.3 is 10.1 Å². The number of rotatable bonds is 8. The van der Waals surface area contributed by atoms with Crippen LogP contribution in [0.5, 0.6) is 5.75 Å². The van der Waals surface area contributed by atoms with E-state index in [1.165, 1.54) is 30.3 Å². The molecule has 2 aromatic rings. The van der Waals surface area contributed by atoms with Crippen molar-refractivity contribution in [1.82, 2.24) is 4.72 Å². The summed E-state index contributed by atoms with van der Waals surface area (Å²) in [4.78, 5) is 12.4. The van der Waals surface area contributed by atoms with Gasteiger partial charge in [-0.2, -0.15) is 0 Å². The highest BCUT2D eigenvalue weighted by Crippen LogP contribution is 2.17. The van der Waals surface area contributed by atoms with E-state index in [0.29, 0.717) is 17.0 Å².